The molecule has 3 rings (SSSR count). The molecule has 120 valence electrons. The van der Waals surface area contributed by atoms with Crippen LogP contribution in [0.15, 0.2) is 22.4 Å². The highest BCUT2D eigenvalue weighted by Crippen LogP contribution is 2.25. The molecule has 2 heterocycles. The second-order valence-corrected chi connectivity index (χ2v) is 7.25. The topological polar surface area (TPSA) is 37.6 Å². The molecule has 2 aromatic heterocycles. The van der Waals surface area contributed by atoms with Gasteiger partial charge in [0.15, 0.2) is 4.96 Å². The number of rotatable bonds is 6. The standard InChI is InChI=1S/C17H25N3OS/c1-2-8-19(12-14-6-4-3-5-7-14)13-15-11-16(21)20-9-10-22-17(20)18-15/h9-11,14H,2-8,12-13H2,1H3. The van der Waals surface area contributed by atoms with Crippen LogP contribution in [-0.2, 0) is 6.54 Å². The van der Waals surface area contributed by atoms with E-state index in [2.05, 4.69) is 16.8 Å². The maximum Gasteiger partial charge on any atom is 0.258 e. The smallest absolute Gasteiger partial charge is 0.258 e. The molecule has 1 aliphatic carbocycles. The van der Waals surface area contributed by atoms with Gasteiger partial charge < -0.3 is 0 Å². The average molecular weight is 319 g/mol. The van der Waals surface area contributed by atoms with Crippen molar-refractivity contribution in [3.63, 3.8) is 0 Å². The Bertz CT molecular complexity index is 657. The highest BCUT2D eigenvalue weighted by atomic mass is 32.1. The van der Waals surface area contributed by atoms with E-state index in [9.17, 15) is 4.79 Å². The fourth-order valence-corrected chi connectivity index (χ4v) is 4.22. The van der Waals surface area contributed by atoms with Gasteiger partial charge in [-0.05, 0) is 31.7 Å². The van der Waals surface area contributed by atoms with Crippen LogP contribution < -0.4 is 5.56 Å². The van der Waals surface area contributed by atoms with Crippen molar-refractivity contribution in [2.24, 2.45) is 5.92 Å². The van der Waals surface area contributed by atoms with E-state index < -0.39 is 0 Å². The summed E-state index contributed by atoms with van der Waals surface area (Å²) >= 11 is 1.53. The maximum absolute atomic E-state index is 12.1. The third kappa shape index (κ3) is 3.76. The summed E-state index contributed by atoms with van der Waals surface area (Å²) in [7, 11) is 0. The Hall–Kier alpha value is -1.20. The van der Waals surface area contributed by atoms with Crippen molar-refractivity contribution in [1.82, 2.24) is 14.3 Å². The molecule has 0 N–H and O–H groups in total. The van der Waals surface area contributed by atoms with Gasteiger partial charge >= 0.3 is 0 Å². The molecule has 0 bridgehead atoms. The van der Waals surface area contributed by atoms with Gasteiger partial charge in [-0.2, -0.15) is 0 Å². The van der Waals surface area contributed by atoms with E-state index in [1.807, 2.05) is 5.38 Å². The summed E-state index contributed by atoms with van der Waals surface area (Å²) in [6, 6.07) is 1.70. The molecule has 1 aliphatic rings. The first kappa shape index (κ1) is 15.7. The summed E-state index contributed by atoms with van der Waals surface area (Å²) < 4.78 is 1.62. The van der Waals surface area contributed by atoms with Gasteiger partial charge in [-0.1, -0.05) is 26.2 Å². The van der Waals surface area contributed by atoms with Crippen LogP contribution in [0.4, 0.5) is 0 Å². The van der Waals surface area contributed by atoms with Crippen molar-refractivity contribution in [3.05, 3.63) is 33.7 Å². The molecule has 0 saturated heterocycles. The fraction of sp³-hybridized carbons (Fsp3) is 0.647. The molecular weight excluding hydrogens is 294 g/mol. The molecule has 0 aliphatic heterocycles. The van der Waals surface area contributed by atoms with Crippen LogP contribution in [0.2, 0.25) is 0 Å². The quantitative estimate of drug-likeness (QED) is 0.817. The summed E-state index contributed by atoms with van der Waals surface area (Å²) in [5.41, 5.74) is 0.951. The van der Waals surface area contributed by atoms with E-state index in [0.29, 0.717) is 0 Å². The number of hydrogen-bond acceptors (Lipinski definition) is 4. The summed E-state index contributed by atoms with van der Waals surface area (Å²) in [6.07, 6.45) is 9.83. The number of aromatic nitrogens is 2. The third-order valence-corrected chi connectivity index (χ3v) is 5.28. The second-order valence-electron chi connectivity index (χ2n) is 6.38. The van der Waals surface area contributed by atoms with E-state index in [4.69, 9.17) is 0 Å². The van der Waals surface area contributed by atoms with Crippen LogP contribution >= 0.6 is 11.3 Å². The van der Waals surface area contributed by atoms with Crippen molar-refractivity contribution in [2.75, 3.05) is 13.1 Å². The van der Waals surface area contributed by atoms with Crippen LogP contribution in [0.25, 0.3) is 4.96 Å². The fourth-order valence-electron chi connectivity index (χ4n) is 3.48. The number of fused-ring (bicyclic) bond motifs is 1. The molecule has 0 amide bonds. The lowest BCUT2D eigenvalue weighted by Gasteiger charge is -2.29. The molecule has 4 nitrogen and oxygen atoms in total. The lowest BCUT2D eigenvalue weighted by molar-refractivity contribution is 0.192. The Morgan fingerprint density at radius 1 is 1.36 bits per heavy atom. The predicted octanol–water partition coefficient (Wildman–Crippen LogP) is 3.55. The lowest BCUT2D eigenvalue weighted by atomic mass is 9.89. The van der Waals surface area contributed by atoms with E-state index in [1.165, 1.54) is 43.4 Å². The zero-order chi connectivity index (χ0) is 15.4. The van der Waals surface area contributed by atoms with Crippen LogP contribution in [0.3, 0.4) is 0 Å². The van der Waals surface area contributed by atoms with Crippen molar-refractivity contribution < 1.29 is 0 Å². The highest BCUT2D eigenvalue weighted by Gasteiger charge is 2.18. The van der Waals surface area contributed by atoms with Gasteiger partial charge in [0.05, 0.1) is 5.69 Å². The largest absolute Gasteiger partial charge is 0.297 e. The van der Waals surface area contributed by atoms with Gasteiger partial charge in [0.2, 0.25) is 0 Å². The van der Waals surface area contributed by atoms with E-state index in [0.717, 1.165) is 42.6 Å². The Morgan fingerprint density at radius 2 is 2.18 bits per heavy atom. The van der Waals surface area contributed by atoms with Crippen molar-refractivity contribution in [2.45, 2.75) is 52.0 Å². The summed E-state index contributed by atoms with van der Waals surface area (Å²) in [5.74, 6) is 0.826. The van der Waals surface area contributed by atoms with Crippen LogP contribution in [0, 0.1) is 5.92 Å². The first-order valence-corrected chi connectivity index (χ1v) is 9.32. The molecule has 0 radical (unpaired) electrons. The minimum atomic E-state index is 0.0374. The molecular formula is C17H25N3OS. The van der Waals surface area contributed by atoms with Gasteiger partial charge in [0.1, 0.15) is 0 Å². The Morgan fingerprint density at radius 3 is 2.95 bits per heavy atom. The van der Waals surface area contributed by atoms with Crippen molar-refractivity contribution >= 4 is 16.3 Å². The van der Waals surface area contributed by atoms with Crippen molar-refractivity contribution in [3.8, 4) is 0 Å². The molecule has 5 heteroatoms. The van der Waals surface area contributed by atoms with Gasteiger partial charge in [-0.15, -0.1) is 11.3 Å². The Balaban J connectivity index is 1.72. The lowest BCUT2D eigenvalue weighted by Crippen LogP contribution is -2.31. The van der Waals surface area contributed by atoms with Crippen LogP contribution in [-0.4, -0.2) is 27.4 Å². The summed E-state index contributed by atoms with van der Waals surface area (Å²) in [4.78, 5) is 20.0. The van der Waals surface area contributed by atoms with E-state index in [1.54, 1.807) is 16.7 Å². The van der Waals surface area contributed by atoms with Gasteiger partial charge in [-0.3, -0.25) is 14.1 Å². The molecule has 0 aromatic carbocycles. The summed E-state index contributed by atoms with van der Waals surface area (Å²) in [6.45, 7) is 5.26. The molecule has 1 saturated carbocycles. The summed E-state index contributed by atoms with van der Waals surface area (Å²) in [5, 5.41) is 1.92. The molecule has 0 spiro atoms. The average Bonchev–Trinajstić information content (AvgIpc) is 2.97. The molecule has 0 atom stereocenters. The maximum atomic E-state index is 12.1. The molecule has 22 heavy (non-hydrogen) atoms. The highest BCUT2D eigenvalue weighted by molar-refractivity contribution is 7.15. The normalized spacial score (nSPS) is 16.6. The minimum absolute atomic E-state index is 0.0374. The monoisotopic (exact) mass is 319 g/mol. The second kappa shape index (κ2) is 7.38. The Labute approximate surface area is 135 Å². The van der Waals surface area contributed by atoms with Gasteiger partial charge in [0.25, 0.3) is 5.56 Å². The Kier molecular flexibility index (Phi) is 5.26. The molecule has 2 aromatic rings. The zero-order valence-electron chi connectivity index (χ0n) is 13.3. The first-order chi connectivity index (χ1) is 10.8. The molecule has 0 unspecified atom stereocenters. The van der Waals surface area contributed by atoms with Crippen LogP contribution in [0.1, 0.15) is 51.1 Å². The van der Waals surface area contributed by atoms with Gasteiger partial charge in [0, 0.05) is 30.7 Å². The van der Waals surface area contributed by atoms with Crippen LogP contribution in [0.5, 0.6) is 0 Å². The zero-order valence-corrected chi connectivity index (χ0v) is 14.1. The number of nitrogens with zero attached hydrogens (tertiary/aromatic N) is 3. The van der Waals surface area contributed by atoms with E-state index in [-0.39, 0.29) is 5.56 Å². The predicted molar refractivity (Wildman–Crippen MR) is 91.5 cm³/mol. The SMILES string of the molecule is CCCN(Cc1cc(=O)n2ccsc2n1)CC1CCCCC1. The van der Waals surface area contributed by atoms with E-state index >= 15 is 0 Å². The van der Waals surface area contributed by atoms with Crippen molar-refractivity contribution in [1.29, 1.82) is 0 Å². The number of hydrogen-bond donors (Lipinski definition) is 0. The van der Waals surface area contributed by atoms with Gasteiger partial charge in [-0.25, -0.2) is 4.98 Å². The third-order valence-electron chi connectivity index (χ3n) is 4.52. The minimum Gasteiger partial charge on any atom is -0.297 e. The number of thiazole rings is 1. The molecule has 1 fully saturated rings. The first-order valence-electron chi connectivity index (χ1n) is 8.44.